The van der Waals surface area contributed by atoms with Crippen molar-refractivity contribution in [3.63, 3.8) is 0 Å². The van der Waals surface area contributed by atoms with Crippen LogP contribution in [0.25, 0.3) is 0 Å². The van der Waals surface area contributed by atoms with Crippen molar-refractivity contribution in [2.24, 2.45) is 0 Å². The molecule has 0 heterocycles. The average molecular weight is 243 g/mol. The van der Waals surface area contributed by atoms with Crippen molar-refractivity contribution in [1.29, 1.82) is 0 Å². The zero-order chi connectivity index (χ0) is 12.0. The fourth-order valence-corrected chi connectivity index (χ4v) is 1.37. The summed E-state index contributed by atoms with van der Waals surface area (Å²) in [4.78, 5) is 11.6. The van der Waals surface area contributed by atoms with Gasteiger partial charge in [0.1, 0.15) is 5.75 Å². The third-order valence-corrected chi connectivity index (χ3v) is 2.35. The molecule has 5 heteroatoms. The number of amides is 1. The lowest BCUT2D eigenvalue weighted by atomic mass is 10.2. The molecule has 0 aliphatic rings. The van der Waals surface area contributed by atoms with E-state index < -0.39 is 0 Å². The normalized spacial score (nSPS) is 10.1. The second-order valence-electron chi connectivity index (χ2n) is 3.28. The van der Waals surface area contributed by atoms with Crippen LogP contribution in [0.1, 0.15) is 17.3 Å². The van der Waals surface area contributed by atoms with Crippen LogP contribution in [0, 0.1) is 0 Å². The topological polar surface area (TPSA) is 61.4 Å². The Kier molecular flexibility index (Phi) is 5.08. The molecule has 0 bridgehead atoms. The van der Waals surface area contributed by atoms with Gasteiger partial charge in [-0.05, 0) is 24.7 Å². The minimum Gasteiger partial charge on any atom is -0.506 e. The summed E-state index contributed by atoms with van der Waals surface area (Å²) < 4.78 is 0. The van der Waals surface area contributed by atoms with Gasteiger partial charge in [0.25, 0.3) is 5.91 Å². The van der Waals surface area contributed by atoms with Crippen molar-refractivity contribution in [2.45, 2.75) is 6.92 Å². The van der Waals surface area contributed by atoms with Gasteiger partial charge in [0.05, 0.1) is 5.02 Å². The van der Waals surface area contributed by atoms with E-state index in [1.807, 2.05) is 6.92 Å². The molecule has 88 valence electrons. The number of benzene rings is 1. The summed E-state index contributed by atoms with van der Waals surface area (Å²) in [6, 6.07) is 4.38. The van der Waals surface area contributed by atoms with E-state index in [9.17, 15) is 9.90 Å². The van der Waals surface area contributed by atoms with Crippen molar-refractivity contribution < 1.29 is 9.90 Å². The maximum atomic E-state index is 11.6. The third kappa shape index (κ3) is 3.72. The number of aromatic hydroxyl groups is 1. The summed E-state index contributed by atoms with van der Waals surface area (Å²) in [5.41, 5.74) is 0.444. The molecular weight excluding hydrogens is 228 g/mol. The highest BCUT2D eigenvalue weighted by molar-refractivity contribution is 6.32. The van der Waals surface area contributed by atoms with E-state index in [1.165, 1.54) is 18.2 Å². The fraction of sp³-hybridized carbons (Fsp3) is 0.364. The molecular formula is C11H15ClN2O2. The van der Waals surface area contributed by atoms with Gasteiger partial charge in [-0.25, -0.2) is 0 Å². The second kappa shape index (κ2) is 6.35. The Morgan fingerprint density at radius 3 is 2.81 bits per heavy atom. The first-order valence-corrected chi connectivity index (χ1v) is 5.50. The van der Waals surface area contributed by atoms with Crippen LogP contribution in [-0.4, -0.2) is 30.6 Å². The van der Waals surface area contributed by atoms with Crippen LogP contribution in [0.15, 0.2) is 18.2 Å². The van der Waals surface area contributed by atoms with E-state index >= 15 is 0 Å². The van der Waals surface area contributed by atoms with Crippen molar-refractivity contribution in [1.82, 2.24) is 10.6 Å². The van der Waals surface area contributed by atoms with Crippen LogP contribution < -0.4 is 10.6 Å². The smallest absolute Gasteiger partial charge is 0.251 e. The van der Waals surface area contributed by atoms with Gasteiger partial charge in [-0.15, -0.1) is 0 Å². The van der Waals surface area contributed by atoms with E-state index in [1.54, 1.807) is 0 Å². The second-order valence-corrected chi connectivity index (χ2v) is 3.68. The molecule has 4 nitrogen and oxygen atoms in total. The third-order valence-electron chi connectivity index (χ3n) is 2.05. The van der Waals surface area contributed by atoms with E-state index in [4.69, 9.17) is 11.6 Å². The summed E-state index contributed by atoms with van der Waals surface area (Å²) in [6.45, 7) is 4.17. The SMILES string of the molecule is CCNCCNC(=O)c1ccc(O)c(Cl)c1. The lowest BCUT2D eigenvalue weighted by Gasteiger charge is -2.06. The Morgan fingerprint density at radius 2 is 2.19 bits per heavy atom. The first-order valence-electron chi connectivity index (χ1n) is 5.12. The van der Waals surface area contributed by atoms with Gasteiger partial charge in [0, 0.05) is 18.7 Å². The van der Waals surface area contributed by atoms with Crippen LogP contribution in [0.5, 0.6) is 5.75 Å². The first kappa shape index (κ1) is 12.8. The number of phenols is 1. The van der Waals surface area contributed by atoms with Crippen molar-refractivity contribution in [3.05, 3.63) is 28.8 Å². The fourth-order valence-electron chi connectivity index (χ4n) is 1.19. The van der Waals surface area contributed by atoms with Crippen LogP contribution in [0.2, 0.25) is 5.02 Å². The molecule has 3 N–H and O–H groups in total. The number of halogens is 1. The number of rotatable bonds is 5. The Morgan fingerprint density at radius 1 is 1.44 bits per heavy atom. The van der Waals surface area contributed by atoms with Crippen LogP contribution in [0.4, 0.5) is 0 Å². The summed E-state index contributed by atoms with van der Waals surface area (Å²) in [5.74, 6) is -0.217. The highest BCUT2D eigenvalue weighted by atomic mass is 35.5. The zero-order valence-electron chi connectivity index (χ0n) is 9.09. The van der Waals surface area contributed by atoms with Crippen molar-refractivity contribution in [3.8, 4) is 5.75 Å². The molecule has 1 aromatic carbocycles. The maximum absolute atomic E-state index is 11.6. The first-order chi connectivity index (χ1) is 7.65. The van der Waals surface area contributed by atoms with Crippen LogP contribution >= 0.6 is 11.6 Å². The molecule has 1 rings (SSSR count). The number of phenolic OH excluding ortho intramolecular Hbond substituents is 1. The Labute approximate surface area is 99.6 Å². The van der Waals surface area contributed by atoms with Gasteiger partial charge >= 0.3 is 0 Å². The number of hydrogen-bond acceptors (Lipinski definition) is 3. The number of nitrogens with one attached hydrogen (secondary N) is 2. The molecule has 1 aromatic rings. The molecule has 0 fully saturated rings. The van der Waals surface area contributed by atoms with Gasteiger partial charge in [0.15, 0.2) is 0 Å². The summed E-state index contributed by atoms with van der Waals surface area (Å²) in [6.07, 6.45) is 0. The number of carbonyl (C=O) groups is 1. The molecule has 0 spiro atoms. The molecule has 0 aliphatic carbocycles. The van der Waals surface area contributed by atoms with Gasteiger partial charge in [-0.1, -0.05) is 18.5 Å². The van der Waals surface area contributed by atoms with Gasteiger partial charge in [-0.2, -0.15) is 0 Å². The molecule has 16 heavy (non-hydrogen) atoms. The molecule has 0 aromatic heterocycles. The van der Waals surface area contributed by atoms with Crippen molar-refractivity contribution in [2.75, 3.05) is 19.6 Å². The van der Waals surface area contributed by atoms with Crippen LogP contribution in [0.3, 0.4) is 0 Å². The maximum Gasteiger partial charge on any atom is 0.251 e. The minimum atomic E-state index is -0.195. The largest absolute Gasteiger partial charge is 0.506 e. The highest BCUT2D eigenvalue weighted by Gasteiger charge is 2.07. The monoisotopic (exact) mass is 242 g/mol. The standard InChI is InChI=1S/C11H15ClN2O2/c1-2-13-5-6-14-11(16)8-3-4-10(15)9(12)7-8/h3-4,7,13,15H,2,5-6H2,1H3,(H,14,16). The molecule has 0 saturated carbocycles. The highest BCUT2D eigenvalue weighted by Crippen LogP contribution is 2.23. The summed E-state index contributed by atoms with van der Waals surface area (Å²) in [5, 5.41) is 15.2. The Bertz CT molecular complexity index is 369. The summed E-state index contributed by atoms with van der Waals surface area (Å²) >= 11 is 5.70. The molecule has 0 atom stereocenters. The molecule has 0 aliphatic heterocycles. The molecule has 0 radical (unpaired) electrons. The number of carbonyl (C=O) groups excluding carboxylic acids is 1. The lowest BCUT2D eigenvalue weighted by molar-refractivity contribution is 0.0954. The van der Waals surface area contributed by atoms with E-state index in [-0.39, 0.29) is 16.7 Å². The zero-order valence-corrected chi connectivity index (χ0v) is 9.84. The summed E-state index contributed by atoms with van der Waals surface area (Å²) in [7, 11) is 0. The predicted molar refractivity (Wildman–Crippen MR) is 64.0 cm³/mol. The number of likely N-dealkylation sites (N-methyl/N-ethyl adjacent to an activating group) is 1. The average Bonchev–Trinajstić information content (AvgIpc) is 2.28. The quantitative estimate of drug-likeness (QED) is 0.684. The van der Waals surface area contributed by atoms with Crippen molar-refractivity contribution >= 4 is 17.5 Å². The van der Waals surface area contributed by atoms with E-state index in [0.717, 1.165) is 13.1 Å². The van der Waals surface area contributed by atoms with E-state index in [2.05, 4.69) is 10.6 Å². The molecule has 1 amide bonds. The predicted octanol–water partition coefficient (Wildman–Crippen LogP) is 1.38. The van der Waals surface area contributed by atoms with Gasteiger partial charge in [-0.3, -0.25) is 4.79 Å². The number of hydrogen-bond donors (Lipinski definition) is 3. The lowest BCUT2D eigenvalue weighted by Crippen LogP contribution is -2.31. The Balaban J connectivity index is 2.50. The molecule has 0 unspecified atom stereocenters. The molecule has 0 saturated heterocycles. The van der Waals surface area contributed by atoms with E-state index in [0.29, 0.717) is 12.1 Å². The van der Waals surface area contributed by atoms with Crippen LogP contribution in [-0.2, 0) is 0 Å². The Hall–Kier alpha value is -1.26. The van der Waals surface area contributed by atoms with Gasteiger partial charge in [0.2, 0.25) is 0 Å². The van der Waals surface area contributed by atoms with Gasteiger partial charge < -0.3 is 15.7 Å². The minimum absolute atomic E-state index is 0.0223.